The molecule has 1 aromatic carbocycles. The Morgan fingerprint density at radius 1 is 1.29 bits per heavy atom. The minimum Gasteiger partial charge on any atom is -0.307 e. The summed E-state index contributed by atoms with van der Waals surface area (Å²) in [5.74, 6) is 1.66. The first kappa shape index (κ1) is 13.1. The molecule has 0 amide bonds. The smallest absolute Gasteiger partial charge is 0.0294 e. The Morgan fingerprint density at radius 3 is 2.65 bits per heavy atom. The third-order valence-electron chi connectivity index (χ3n) is 4.28. The van der Waals surface area contributed by atoms with Crippen molar-refractivity contribution in [3.8, 4) is 0 Å². The van der Waals surface area contributed by atoms with Gasteiger partial charge >= 0.3 is 0 Å². The standard InChI is InChI=1S/C15H22BrN/c1-10-7-8-15(11(10)2)17-12(3)13-5-4-6-14(16)9-13/h4-6,9-12,15,17H,7-8H2,1-3H3. The van der Waals surface area contributed by atoms with Crippen molar-refractivity contribution in [1.29, 1.82) is 0 Å². The fraction of sp³-hybridized carbons (Fsp3) is 0.600. The van der Waals surface area contributed by atoms with Crippen LogP contribution in [0.4, 0.5) is 0 Å². The number of hydrogen-bond donors (Lipinski definition) is 1. The van der Waals surface area contributed by atoms with E-state index in [9.17, 15) is 0 Å². The molecule has 1 N–H and O–H groups in total. The molecule has 1 nitrogen and oxygen atoms in total. The molecular weight excluding hydrogens is 274 g/mol. The van der Waals surface area contributed by atoms with Crippen LogP contribution in [0.25, 0.3) is 0 Å². The van der Waals surface area contributed by atoms with Gasteiger partial charge in [-0.2, -0.15) is 0 Å². The van der Waals surface area contributed by atoms with Crippen LogP contribution in [0.1, 0.15) is 45.2 Å². The number of nitrogens with one attached hydrogen (secondary N) is 1. The molecule has 0 heterocycles. The van der Waals surface area contributed by atoms with Gasteiger partial charge in [0.2, 0.25) is 0 Å². The van der Waals surface area contributed by atoms with Crippen molar-refractivity contribution >= 4 is 15.9 Å². The first-order valence-electron chi connectivity index (χ1n) is 6.59. The molecule has 17 heavy (non-hydrogen) atoms. The molecule has 1 aromatic rings. The maximum absolute atomic E-state index is 3.78. The summed E-state index contributed by atoms with van der Waals surface area (Å²) >= 11 is 3.54. The molecule has 4 unspecified atom stereocenters. The minimum atomic E-state index is 0.435. The Balaban J connectivity index is 2.00. The lowest BCUT2D eigenvalue weighted by Crippen LogP contribution is -2.34. The second-order valence-electron chi connectivity index (χ2n) is 5.46. The van der Waals surface area contributed by atoms with Gasteiger partial charge in [0.1, 0.15) is 0 Å². The summed E-state index contributed by atoms with van der Waals surface area (Å²) in [6.07, 6.45) is 2.69. The lowest BCUT2D eigenvalue weighted by atomic mass is 9.96. The van der Waals surface area contributed by atoms with Gasteiger partial charge in [-0.3, -0.25) is 0 Å². The van der Waals surface area contributed by atoms with Gasteiger partial charge in [-0.25, -0.2) is 0 Å². The van der Waals surface area contributed by atoms with E-state index < -0.39 is 0 Å². The highest BCUT2D eigenvalue weighted by molar-refractivity contribution is 9.10. The van der Waals surface area contributed by atoms with E-state index >= 15 is 0 Å². The van der Waals surface area contributed by atoms with Crippen molar-refractivity contribution in [1.82, 2.24) is 5.32 Å². The number of rotatable bonds is 3. The van der Waals surface area contributed by atoms with E-state index in [2.05, 4.69) is 66.3 Å². The van der Waals surface area contributed by atoms with Gasteiger partial charge in [0, 0.05) is 16.6 Å². The van der Waals surface area contributed by atoms with Crippen LogP contribution in [0.3, 0.4) is 0 Å². The molecule has 0 bridgehead atoms. The Morgan fingerprint density at radius 2 is 2.06 bits per heavy atom. The van der Waals surface area contributed by atoms with Crippen LogP contribution in [0.5, 0.6) is 0 Å². The Hall–Kier alpha value is -0.340. The zero-order chi connectivity index (χ0) is 12.4. The van der Waals surface area contributed by atoms with Gasteiger partial charge in [-0.15, -0.1) is 0 Å². The molecule has 0 saturated heterocycles. The molecule has 0 aromatic heterocycles. The average molecular weight is 296 g/mol. The van der Waals surface area contributed by atoms with Gasteiger partial charge < -0.3 is 5.32 Å². The summed E-state index contributed by atoms with van der Waals surface area (Å²) in [5.41, 5.74) is 1.37. The van der Waals surface area contributed by atoms with Gasteiger partial charge in [0.25, 0.3) is 0 Å². The molecule has 0 spiro atoms. The van der Waals surface area contributed by atoms with Crippen molar-refractivity contribution in [2.24, 2.45) is 11.8 Å². The van der Waals surface area contributed by atoms with E-state index in [-0.39, 0.29) is 0 Å². The maximum atomic E-state index is 3.78. The second-order valence-corrected chi connectivity index (χ2v) is 6.38. The molecule has 2 heteroatoms. The summed E-state index contributed by atoms with van der Waals surface area (Å²) < 4.78 is 1.16. The molecule has 0 radical (unpaired) electrons. The SMILES string of the molecule is CC(NC1CCC(C)C1C)c1cccc(Br)c1. The van der Waals surface area contributed by atoms with Crippen LogP contribution in [0.15, 0.2) is 28.7 Å². The first-order chi connectivity index (χ1) is 8.08. The topological polar surface area (TPSA) is 12.0 Å². The summed E-state index contributed by atoms with van der Waals surface area (Å²) in [5, 5.41) is 3.78. The van der Waals surface area contributed by atoms with E-state index in [4.69, 9.17) is 0 Å². The zero-order valence-corrected chi connectivity index (χ0v) is 12.5. The van der Waals surface area contributed by atoms with E-state index in [1.54, 1.807) is 0 Å². The van der Waals surface area contributed by atoms with Gasteiger partial charge in [-0.1, -0.05) is 41.9 Å². The van der Waals surface area contributed by atoms with Crippen LogP contribution in [0.2, 0.25) is 0 Å². The van der Waals surface area contributed by atoms with Crippen LogP contribution in [-0.4, -0.2) is 6.04 Å². The van der Waals surface area contributed by atoms with Crippen LogP contribution in [-0.2, 0) is 0 Å². The third-order valence-corrected chi connectivity index (χ3v) is 4.77. The largest absolute Gasteiger partial charge is 0.307 e. The first-order valence-corrected chi connectivity index (χ1v) is 7.38. The van der Waals surface area contributed by atoms with Gasteiger partial charge in [-0.05, 0) is 49.3 Å². The lowest BCUT2D eigenvalue weighted by Gasteiger charge is -2.24. The Bertz CT molecular complexity index is 377. The number of benzene rings is 1. The highest BCUT2D eigenvalue weighted by Gasteiger charge is 2.30. The fourth-order valence-electron chi connectivity index (χ4n) is 2.79. The quantitative estimate of drug-likeness (QED) is 0.864. The van der Waals surface area contributed by atoms with Crippen molar-refractivity contribution < 1.29 is 0 Å². The minimum absolute atomic E-state index is 0.435. The zero-order valence-electron chi connectivity index (χ0n) is 10.9. The normalized spacial score (nSPS) is 30.5. The molecule has 1 aliphatic carbocycles. The number of halogens is 1. The molecule has 1 fully saturated rings. The monoisotopic (exact) mass is 295 g/mol. The molecule has 2 rings (SSSR count). The molecule has 0 aliphatic heterocycles. The predicted octanol–water partition coefficient (Wildman–Crippen LogP) is 4.53. The predicted molar refractivity (Wildman–Crippen MR) is 77.0 cm³/mol. The third kappa shape index (κ3) is 3.11. The lowest BCUT2D eigenvalue weighted by molar-refractivity contribution is 0.347. The van der Waals surface area contributed by atoms with Gasteiger partial charge in [0.15, 0.2) is 0 Å². The highest BCUT2D eigenvalue weighted by Crippen LogP contribution is 2.32. The Labute approximate surface area is 113 Å². The van der Waals surface area contributed by atoms with Gasteiger partial charge in [0.05, 0.1) is 0 Å². The fourth-order valence-corrected chi connectivity index (χ4v) is 3.21. The summed E-state index contributed by atoms with van der Waals surface area (Å²) in [6, 6.07) is 9.71. The van der Waals surface area contributed by atoms with Crippen LogP contribution < -0.4 is 5.32 Å². The van der Waals surface area contributed by atoms with Crippen molar-refractivity contribution in [2.75, 3.05) is 0 Å². The molecule has 94 valence electrons. The van der Waals surface area contributed by atoms with E-state index in [0.29, 0.717) is 12.1 Å². The van der Waals surface area contributed by atoms with Crippen LogP contribution in [0, 0.1) is 11.8 Å². The van der Waals surface area contributed by atoms with Crippen LogP contribution >= 0.6 is 15.9 Å². The molecule has 1 saturated carbocycles. The van der Waals surface area contributed by atoms with Crippen molar-refractivity contribution in [3.05, 3.63) is 34.3 Å². The van der Waals surface area contributed by atoms with E-state index in [1.165, 1.54) is 18.4 Å². The average Bonchev–Trinajstić information content (AvgIpc) is 2.61. The van der Waals surface area contributed by atoms with Crippen molar-refractivity contribution in [2.45, 2.75) is 45.7 Å². The highest BCUT2D eigenvalue weighted by atomic mass is 79.9. The molecule has 1 aliphatic rings. The number of hydrogen-bond acceptors (Lipinski definition) is 1. The second kappa shape index (κ2) is 5.53. The van der Waals surface area contributed by atoms with E-state index in [0.717, 1.165) is 16.3 Å². The van der Waals surface area contributed by atoms with Crippen molar-refractivity contribution in [3.63, 3.8) is 0 Å². The Kier molecular flexibility index (Phi) is 4.26. The molecular formula is C15H22BrN. The molecule has 4 atom stereocenters. The maximum Gasteiger partial charge on any atom is 0.0294 e. The summed E-state index contributed by atoms with van der Waals surface area (Å²) in [7, 11) is 0. The summed E-state index contributed by atoms with van der Waals surface area (Å²) in [4.78, 5) is 0. The summed E-state index contributed by atoms with van der Waals surface area (Å²) in [6.45, 7) is 7.01. The van der Waals surface area contributed by atoms with E-state index in [1.807, 2.05) is 0 Å².